The lowest BCUT2D eigenvalue weighted by molar-refractivity contribution is -0.120. The van der Waals surface area contributed by atoms with Gasteiger partial charge in [-0.15, -0.1) is 0 Å². The fourth-order valence-electron chi connectivity index (χ4n) is 6.77. The van der Waals surface area contributed by atoms with E-state index in [0.717, 1.165) is 53.1 Å². The Kier molecular flexibility index (Phi) is 8.13. The molecule has 0 radical (unpaired) electrons. The summed E-state index contributed by atoms with van der Waals surface area (Å²) in [4.78, 5) is 28.4. The number of anilines is 1. The van der Waals surface area contributed by atoms with Crippen LogP contribution in [0.4, 0.5) is 5.69 Å². The molecular weight excluding hydrogens is 616 g/mol. The summed E-state index contributed by atoms with van der Waals surface area (Å²) in [6.45, 7) is 5.71. The molecule has 47 heavy (non-hydrogen) atoms. The van der Waals surface area contributed by atoms with Crippen LogP contribution in [-0.2, 0) is 21.5 Å². The lowest BCUT2D eigenvalue weighted by Crippen LogP contribution is -2.37. The highest BCUT2D eigenvalue weighted by Gasteiger charge is 2.52. The molecule has 3 aromatic carbocycles. The molecule has 0 bridgehead atoms. The molecule has 2 amide bonds. The van der Waals surface area contributed by atoms with E-state index in [9.17, 15) is 18.0 Å². The van der Waals surface area contributed by atoms with Crippen LogP contribution in [-0.4, -0.2) is 60.0 Å². The first-order valence-electron chi connectivity index (χ1n) is 16.0. The highest BCUT2D eigenvalue weighted by molar-refractivity contribution is 7.85. The molecule has 2 fully saturated rings. The number of hydrogen-bond acceptors (Lipinski definition) is 6. The van der Waals surface area contributed by atoms with Gasteiger partial charge in [0.25, 0.3) is 16.0 Å². The van der Waals surface area contributed by atoms with Gasteiger partial charge in [0.15, 0.2) is 0 Å². The van der Waals surface area contributed by atoms with Crippen LogP contribution in [0.15, 0.2) is 73.1 Å². The van der Waals surface area contributed by atoms with E-state index in [4.69, 9.17) is 9.29 Å². The molecule has 1 aromatic heterocycles. The van der Waals surface area contributed by atoms with Gasteiger partial charge in [-0.2, -0.15) is 13.5 Å². The highest BCUT2D eigenvalue weighted by Crippen LogP contribution is 2.58. The summed E-state index contributed by atoms with van der Waals surface area (Å²) in [5, 5.41) is 7.13. The molecule has 11 heteroatoms. The Morgan fingerprint density at radius 1 is 1.06 bits per heavy atom. The van der Waals surface area contributed by atoms with E-state index in [0.29, 0.717) is 30.6 Å². The van der Waals surface area contributed by atoms with Gasteiger partial charge in [-0.3, -0.25) is 18.8 Å². The molecule has 2 unspecified atom stereocenters. The maximum absolute atomic E-state index is 13.9. The first kappa shape index (κ1) is 31.1. The number of hydrogen-bond donors (Lipinski definition) is 2. The standard InChI is InChI=1S/C36H38N4O6S/c1-22-6-3-11-33(23(22)2)46-21-27-16-31(27)36(42)40-20-26-15-30(26)34-29(9-5-10-32(34)40)28-17-38-39(19-28)18-24-7-4-8-25(14-24)35(41)37-12-13-47(43,44)45/h3-11,14,17,19,26-27,30-31H,12-13,15-16,18,20-21H2,1-2H3,(H,37,41)(H,43,44,45)/t26-,27?,30-,31?/m0/s1. The van der Waals surface area contributed by atoms with Crippen molar-refractivity contribution < 1.29 is 27.3 Å². The van der Waals surface area contributed by atoms with Crippen LogP contribution in [0.3, 0.4) is 0 Å². The monoisotopic (exact) mass is 654 g/mol. The lowest BCUT2D eigenvalue weighted by atomic mass is 9.92. The SMILES string of the molecule is Cc1cccc(OCC2CC2C(=O)N2C[C@@H]3C[C@@H]3c3c(-c4cnn(Cc5cccc(C(=O)NCCS(=O)(=O)O)c5)c4)cccc32)c1C. The first-order valence-corrected chi connectivity index (χ1v) is 17.6. The normalized spacial score (nSPS) is 21.0. The number of nitrogens with zero attached hydrogens (tertiary/aromatic N) is 3. The van der Waals surface area contributed by atoms with Gasteiger partial charge < -0.3 is 15.0 Å². The second kappa shape index (κ2) is 12.3. The number of aryl methyl sites for hydroxylation is 1. The number of carbonyl (C=O) groups is 2. The summed E-state index contributed by atoms with van der Waals surface area (Å²) in [6, 6.07) is 19.3. The summed E-state index contributed by atoms with van der Waals surface area (Å²) in [5.41, 5.74) is 7.89. The Hall–Kier alpha value is -4.48. The maximum Gasteiger partial charge on any atom is 0.266 e. The Labute approximate surface area is 274 Å². The number of ether oxygens (including phenoxy) is 1. The summed E-state index contributed by atoms with van der Waals surface area (Å²) >= 11 is 0. The van der Waals surface area contributed by atoms with Crippen molar-refractivity contribution in [3.63, 3.8) is 0 Å². The van der Waals surface area contributed by atoms with Gasteiger partial charge in [0.05, 0.1) is 25.1 Å². The van der Waals surface area contributed by atoms with E-state index < -0.39 is 21.8 Å². The summed E-state index contributed by atoms with van der Waals surface area (Å²) < 4.78 is 38.8. The number of nitrogens with one attached hydrogen (secondary N) is 1. The zero-order valence-corrected chi connectivity index (χ0v) is 27.2. The van der Waals surface area contributed by atoms with Crippen molar-refractivity contribution in [1.29, 1.82) is 0 Å². The van der Waals surface area contributed by atoms with Crippen LogP contribution < -0.4 is 15.0 Å². The number of carbonyl (C=O) groups excluding carboxylic acids is 2. The fourth-order valence-corrected chi connectivity index (χ4v) is 7.13. The first-order chi connectivity index (χ1) is 22.6. The number of rotatable bonds is 11. The molecule has 4 atom stereocenters. The second-order valence-corrected chi connectivity index (χ2v) is 14.6. The van der Waals surface area contributed by atoms with E-state index in [1.54, 1.807) is 18.2 Å². The van der Waals surface area contributed by atoms with E-state index in [1.807, 2.05) is 46.2 Å². The number of aromatic nitrogens is 2. The molecule has 2 saturated carbocycles. The molecule has 3 aliphatic rings. The summed E-state index contributed by atoms with van der Waals surface area (Å²) in [7, 11) is -4.15. The molecule has 2 N–H and O–H groups in total. The zero-order valence-electron chi connectivity index (χ0n) is 26.4. The molecule has 2 heterocycles. The van der Waals surface area contributed by atoms with E-state index >= 15 is 0 Å². The minimum atomic E-state index is -4.15. The van der Waals surface area contributed by atoms with Crippen molar-refractivity contribution in [2.75, 3.05) is 30.3 Å². The van der Waals surface area contributed by atoms with Crippen molar-refractivity contribution in [2.45, 2.75) is 39.2 Å². The molecular formula is C36H38N4O6S. The predicted octanol–water partition coefficient (Wildman–Crippen LogP) is 5.00. The van der Waals surface area contributed by atoms with Crippen molar-refractivity contribution in [2.24, 2.45) is 17.8 Å². The number of benzene rings is 3. The van der Waals surface area contributed by atoms with E-state index in [-0.39, 0.29) is 24.3 Å². The van der Waals surface area contributed by atoms with Crippen molar-refractivity contribution in [3.05, 3.63) is 101 Å². The van der Waals surface area contributed by atoms with Gasteiger partial charge in [0.1, 0.15) is 5.75 Å². The molecule has 4 aromatic rings. The maximum atomic E-state index is 13.9. The Balaban J connectivity index is 1.03. The fraction of sp³-hybridized carbons (Fsp3) is 0.361. The average Bonchev–Trinajstić information content (AvgIpc) is 3.96. The Morgan fingerprint density at radius 3 is 2.70 bits per heavy atom. The molecule has 7 rings (SSSR count). The van der Waals surface area contributed by atoms with Crippen LogP contribution in [0.1, 0.15) is 51.4 Å². The Morgan fingerprint density at radius 2 is 1.87 bits per heavy atom. The van der Waals surface area contributed by atoms with Gasteiger partial charge >= 0.3 is 0 Å². The molecule has 10 nitrogen and oxygen atoms in total. The highest BCUT2D eigenvalue weighted by atomic mass is 32.2. The minimum absolute atomic E-state index is 0.0183. The van der Waals surface area contributed by atoms with Gasteiger partial charge in [0, 0.05) is 47.9 Å². The molecule has 0 saturated heterocycles. The molecule has 0 spiro atoms. The third kappa shape index (κ3) is 6.68. The van der Waals surface area contributed by atoms with Crippen molar-refractivity contribution >= 4 is 27.6 Å². The average molecular weight is 655 g/mol. The largest absolute Gasteiger partial charge is 0.493 e. The summed E-state index contributed by atoms with van der Waals surface area (Å²) in [6.07, 6.45) is 5.77. The van der Waals surface area contributed by atoms with Crippen LogP contribution >= 0.6 is 0 Å². The smallest absolute Gasteiger partial charge is 0.266 e. The molecule has 244 valence electrons. The van der Waals surface area contributed by atoms with Crippen LogP contribution in [0.5, 0.6) is 5.75 Å². The van der Waals surface area contributed by atoms with Gasteiger partial charge in [0.2, 0.25) is 5.91 Å². The van der Waals surface area contributed by atoms with Gasteiger partial charge in [-0.05, 0) is 90.6 Å². The topological polar surface area (TPSA) is 131 Å². The lowest BCUT2D eigenvalue weighted by Gasteiger charge is -2.31. The van der Waals surface area contributed by atoms with Crippen molar-refractivity contribution in [1.82, 2.24) is 15.1 Å². The summed E-state index contributed by atoms with van der Waals surface area (Å²) in [5.74, 6) is 1.24. The van der Waals surface area contributed by atoms with Gasteiger partial charge in [-0.25, -0.2) is 0 Å². The third-order valence-corrected chi connectivity index (χ3v) is 10.4. The van der Waals surface area contributed by atoms with E-state index in [1.165, 1.54) is 11.1 Å². The van der Waals surface area contributed by atoms with Crippen LogP contribution in [0.2, 0.25) is 0 Å². The molecule has 2 aliphatic carbocycles. The molecule has 1 aliphatic heterocycles. The Bertz CT molecular complexity index is 1970. The van der Waals surface area contributed by atoms with E-state index in [2.05, 4.69) is 42.5 Å². The minimum Gasteiger partial charge on any atom is -0.493 e. The third-order valence-electron chi connectivity index (χ3n) is 9.72. The van der Waals surface area contributed by atoms with Crippen LogP contribution in [0.25, 0.3) is 11.1 Å². The van der Waals surface area contributed by atoms with Gasteiger partial charge in [-0.1, -0.05) is 36.4 Å². The quantitative estimate of drug-likeness (QED) is 0.218. The zero-order chi connectivity index (χ0) is 32.9. The van der Waals surface area contributed by atoms with Crippen molar-refractivity contribution in [3.8, 4) is 16.9 Å². The predicted molar refractivity (Wildman–Crippen MR) is 178 cm³/mol. The number of fused-ring (bicyclic) bond motifs is 3. The second-order valence-electron chi connectivity index (χ2n) is 13.1. The number of amides is 2. The van der Waals surface area contributed by atoms with Crippen LogP contribution in [0, 0.1) is 31.6 Å².